The van der Waals surface area contributed by atoms with Crippen LogP contribution in [-0.4, -0.2) is 12.2 Å². The second kappa shape index (κ2) is 4.65. The van der Waals surface area contributed by atoms with Crippen LogP contribution in [0.1, 0.15) is 12.8 Å². The van der Waals surface area contributed by atoms with Crippen molar-refractivity contribution >= 4 is 23.4 Å². The van der Waals surface area contributed by atoms with Gasteiger partial charge in [0.1, 0.15) is 6.10 Å². The Balaban J connectivity index is 1.58. The van der Waals surface area contributed by atoms with Gasteiger partial charge in [0.15, 0.2) is 0 Å². The Kier molecular flexibility index (Phi) is 3.00. The molecule has 3 atom stereocenters. The van der Waals surface area contributed by atoms with Crippen LogP contribution >= 0.6 is 11.6 Å². The van der Waals surface area contributed by atoms with E-state index in [0.717, 1.165) is 12.8 Å². The van der Waals surface area contributed by atoms with Gasteiger partial charge < -0.3 is 4.74 Å². The quantitative estimate of drug-likeness (QED) is 0.823. The summed E-state index contributed by atoms with van der Waals surface area (Å²) in [6.45, 7) is 0. The predicted molar refractivity (Wildman–Crippen MR) is 70.7 cm³/mol. The number of hydrogen-bond acceptors (Lipinski definition) is 2. The van der Waals surface area contributed by atoms with Crippen LogP contribution in [0.5, 0.6) is 0 Å². The van der Waals surface area contributed by atoms with E-state index in [4.69, 9.17) is 16.3 Å². The first kappa shape index (κ1) is 11.6. The largest absolute Gasteiger partial charge is 0.445 e. The summed E-state index contributed by atoms with van der Waals surface area (Å²) in [5.74, 6) is 0.999. The van der Waals surface area contributed by atoms with E-state index in [1.165, 1.54) is 0 Å². The zero-order valence-electron chi connectivity index (χ0n) is 9.80. The average molecular weight is 264 g/mol. The van der Waals surface area contributed by atoms with Crippen LogP contribution in [-0.2, 0) is 4.74 Å². The van der Waals surface area contributed by atoms with Crippen LogP contribution in [0.25, 0.3) is 0 Å². The van der Waals surface area contributed by atoms with Crippen molar-refractivity contribution in [2.45, 2.75) is 18.9 Å². The molecule has 2 aliphatic rings. The van der Waals surface area contributed by atoms with Crippen molar-refractivity contribution in [3.8, 4) is 0 Å². The Hall–Kier alpha value is -1.48. The molecule has 0 aromatic heterocycles. The summed E-state index contributed by atoms with van der Waals surface area (Å²) in [5, 5.41) is 3.29. The summed E-state index contributed by atoms with van der Waals surface area (Å²) >= 11 is 5.85. The minimum atomic E-state index is -0.400. The maximum absolute atomic E-state index is 11.8. The number of rotatable bonds is 2. The van der Waals surface area contributed by atoms with Crippen LogP contribution in [0.4, 0.5) is 10.5 Å². The van der Waals surface area contributed by atoms with Crippen molar-refractivity contribution in [2.75, 3.05) is 5.32 Å². The van der Waals surface area contributed by atoms with E-state index in [9.17, 15) is 4.79 Å². The second-order valence-corrected chi connectivity index (χ2v) is 5.30. The van der Waals surface area contributed by atoms with Crippen LogP contribution in [0.15, 0.2) is 36.4 Å². The number of fused-ring (bicyclic) bond motifs is 2. The lowest BCUT2D eigenvalue weighted by Gasteiger charge is -2.19. The SMILES string of the molecule is O=C(Nc1cccc(Cl)c1)OC1CC2C=CC1C2. The van der Waals surface area contributed by atoms with Crippen LogP contribution in [0.3, 0.4) is 0 Å². The molecule has 2 aliphatic carbocycles. The molecule has 4 heteroatoms. The number of benzene rings is 1. The third-order valence-corrected chi connectivity index (χ3v) is 3.78. The Bertz CT molecular complexity index is 500. The van der Waals surface area contributed by atoms with E-state index in [1.54, 1.807) is 24.3 Å². The standard InChI is InChI=1S/C14H14ClNO2/c15-11-2-1-3-12(8-11)16-14(17)18-13-7-9-4-5-10(13)6-9/h1-5,8-10,13H,6-7H2,(H,16,17). The van der Waals surface area contributed by atoms with E-state index in [1.807, 2.05) is 0 Å². The first-order valence-electron chi connectivity index (χ1n) is 6.12. The van der Waals surface area contributed by atoms with Gasteiger partial charge in [-0.3, -0.25) is 5.32 Å². The Morgan fingerprint density at radius 2 is 2.22 bits per heavy atom. The number of nitrogens with one attached hydrogen (secondary N) is 1. The van der Waals surface area contributed by atoms with Gasteiger partial charge in [-0.05, 0) is 37.0 Å². The van der Waals surface area contributed by atoms with Gasteiger partial charge in [-0.1, -0.05) is 29.8 Å². The maximum Gasteiger partial charge on any atom is 0.411 e. The van der Waals surface area contributed by atoms with Crippen molar-refractivity contribution in [1.82, 2.24) is 0 Å². The van der Waals surface area contributed by atoms with Gasteiger partial charge in [0.05, 0.1) is 0 Å². The second-order valence-electron chi connectivity index (χ2n) is 4.86. The number of ether oxygens (including phenoxy) is 1. The Morgan fingerprint density at radius 1 is 1.33 bits per heavy atom. The monoisotopic (exact) mass is 263 g/mol. The summed E-state index contributed by atoms with van der Waals surface area (Å²) in [5.41, 5.74) is 0.659. The summed E-state index contributed by atoms with van der Waals surface area (Å²) in [6, 6.07) is 7.04. The molecule has 1 N–H and O–H groups in total. The van der Waals surface area contributed by atoms with Gasteiger partial charge in [-0.15, -0.1) is 0 Å². The first-order valence-corrected chi connectivity index (χ1v) is 6.50. The fourth-order valence-corrected chi connectivity index (χ4v) is 2.91. The van der Waals surface area contributed by atoms with E-state index in [2.05, 4.69) is 17.5 Å². The van der Waals surface area contributed by atoms with Crippen molar-refractivity contribution in [3.63, 3.8) is 0 Å². The zero-order valence-corrected chi connectivity index (χ0v) is 10.6. The Labute approximate surface area is 111 Å². The maximum atomic E-state index is 11.8. The number of hydrogen-bond donors (Lipinski definition) is 1. The molecule has 1 amide bonds. The van der Waals surface area contributed by atoms with Crippen LogP contribution < -0.4 is 5.32 Å². The van der Waals surface area contributed by atoms with Crippen molar-refractivity contribution < 1.29 is 9.53 Å². The molecule has 94 valence electrons. The molecule has 1 aromatic carbocycles. The number of anilines is 1. The minimum absolute atomic E-state index is 0.0270. The van der Waals surface area contributed by atoms with Gasteiger partial charge >= 0.3 is 6.09 Å². The number of carbonyl (C=O) groups excluding carboxylic acids is 1. The van der Waals surface area contributed by atoms with E-state index >= 15 is 0 Å². The zero-order chi connectivity index (χ0) is 12.5. The normalized spacial score (nSPS) is 28.4. The van der Waals surface area contributed by atoms with Crippen molar-refractivity contribution in [2.24, 2.45) is 11.8 Å². The molecule has 2 bridgehead atoms. The van der Waals surface area contributed by atoms with Crippen LogP contribution in [0, 0.1) is 11.8 Å². The van der Waals surface area contributed by atoms with Gasteiger partial charge in [-0.2, -0.15) is 0 Å². The lowest BCUT2D eigenvalue weighted by Crippen LogP contribution is -2.25. The number of amides is 1. The Morgan fingerprint density at radius 3 is 2.89 bits per heavy atom. The third-order valence-electron chi connectivity index (χ3n) is 3.55. The molecule has 0 radical (unpaired) electrons. The van der Waals surface area contributed by atoms with Crippen LogP contribution in [0.2, 0.25) is 5.02 Å². The molecule has 1 saturated carbocycles. The van der Waals surface area contributed by atoms with Gasteiger partial charge in [-0.25, -0.2) is 4.79 Å². The topological polar surface area (TPSA) is 38.3 Å². The number of halogens is 1. The summed E-state index contributed by atoms with van der Waals surface area (Å²) in [6.07, 6.45) is 6.08. The number of carbonyl (C=O) groups is 1. The molecular formula is C14H14ClNO2. The highest BCUT2D eigenvalue weighted by Crippen LogP contribution is 2.40. The highest BCUT2D eigenvalue weighted by atomic mass is 35.5. The smallest absolute Gasteiger partial charge is 0.411 e. The molecule has 0 aliphatic heterocycles. The average Bonchev–Trinajstić information content (AvgIpc) is 2.90. The fraction of sp³-hybridized carbons (Fsp3) is 0.357. The molecule has 1 fully saturated rings. The van der Waals surface area contributed by atoms with E-state index < -0.39 is 6.09 Å². The molecule has 0 saturated heterocycles. The number of allylic oxidation sites excluding steroid dienone is 1. The molecule has 0 heterocycles. The summed E-state index contributed by atoms with van der Waals surface area (Å²) < 4.78 is 5.44. The van der Waals surface area contributed by atoms with E-state index in [0.29, 0.717) is 22.5 Å². The molecule has 3 rings (SSSR count). The molecule has 18 heavy (non-hydrogen) atoms. The van der Waals surface area contributed by atoms with Crippen molar-refractivity contribution in [3.05, 3.63) is 41.4 Å². The molecule has 0 spiro atoms. The highest BCUT2D eigenvalue weighted by Gasteiger charge is 2.38. The van der Waals surface area contributed by atoms with Gasteiger partial charge in [0.25, 0.3) is 0 Å². The summed E-state index contributed by atoms with van der Waals surface area (Å²) in [7, 11) is 0. The first-order chi connectivity index (χ1) is 8.70. The summed E-state index contributed by atoms with van der Waals surface area (Å²) in [4.78, 5) is 11.8. The highest BCUT2D eigenvalue weighted by molar-refractivity contribution is 6.30. The molecule has 3 unspecified atom stereocenters. The minimum Gasteiger partial charge on any atom is -0.445 e. The molecular weight excluding hydrogens is 250 g/mol. The molecule has 3 nitrogen and oxygen atoms in total. The lowest BCUT2D eigenvalue weighted by molar-refractivity contribution is 0.0957. The molecule has 1 aromatic rings. The van der Waals surface area contributed by atoms with E-state index in [-0.39, 0.29) is 6.10 Å². The van der Waals surface area contributed by atoms with Gasteiger partial charge in [0, 0.05) is 16.6 Å². The van der Waals surface area contributed by atoms with Crippen molar-refractivity contribution in [1.29, 1.82) is 0 Å². The fourth-order valence-electron chi connectivity index (χ4n) is 2.72. The van der Waals surface area contributed by atoms with Gasteiger partial charge in [0.2, 0.25) is 0 Å². The third kappa shape index (κ3) is 2.36. The lowest BCUT2D eigenvalue weighted by atomic mass is 10.1. The predicted octanol–water partition coefficient (Wildman–Crippen LogP) is 3.85.